The number of aromatic carboxylic acids is 1. The van der Waals surface area contributed by atoms with Crippen molar-refractivity contribution in [1.82, 2.24) is 4.98 Å². The van der Waals surface area contributed by atoms with Crippen LogP contribution in [0.1, 0.15) is 21.5 Å². The van der Waals surface area contributed by atoms with Gasteiger partial charge >= 0.3 is 5.97 Å². The molecule has 0 atom stereocenters. The zero-order chi connectivity index (χ0) is 14.0. The molecule has 0 bridgehead atoms. The molecule has 2 aromatic rings. The van der Waals surface area contributed by atoms with Crippen molar-refractivity contribution in [3.63, 3.8) is 0 Å². The van der Waals surface area contributed by atoms with Gasteiger partial charge in [0.15, 0.2) is 0 Å². The highest BCUT2D eigenvalue weighted by molar-refractivity contribution is 7.99. The Balaban J connectivity index is 2.43. The smallest absolute Gasteiger partial charge is 0.338 e. The third kappa shape index (κ3) is 3.06. The lowest BCUT2D eigenvalue weighted by molar-refractivity contribution is 0.0692. The molecule has 2 rings (SSSR count). The second-order valence-electron chi connectivity index (χ2n) is 4.30. The van der Waals surface area contributed by atoms with E-state index in [1.54, 1.807) is 0 Å². The van der Waals surface area contributed by atoms with Gasteiger partial charge in [0.05, 0.1) is 17.4 Å². The van der Waals surface area contributed by atoms with Gasteiger partial charge in [-0.2, -0.15) is 0 Å². The predicted octanol–water partition coefficient (Wildman–Crippen LogP) is 3.13. The number of nitrogens with zero attached hydrogens (tertiary/aromatic N) is 1. The SMILES string of the molecule is Cc1ccc(C)c(Sc2ncc(N)cc2C(=O)O)c1. The number of aryl methyl sites for hydroxylation is 2. The summed E-state index contributed by atoms with van der Waals surface area (Å²) in [6, 6.07) is 7.48. The first kappa shape index (κ1) is 13.4. The number of hydrogen-bond acceptors (Lipinski definition) is 4. The summed E-state index contributed by atoms with van der Waals surface area (Å²) in [6.07, 6.45) is 1.47. The fourth-order valence-corrected chi connectivity index (χ4v) is 2.67. The normalized spacial score (nSPS) is 10.4. The van der Waals surface area contributed by atoms with Crippen molar-refractivity contribution in [2.24, 2.45) is 0 Å². The van der Waals surface area contributed by atoms with Crippen molar-refractivity contribution >= 4 is 23.4 Å². The van der Waals surface area contributed by atoms with Crippen molar-refractivity contribution in [2.75, 3.05) is 5.73 Å². The Hall–Kier alpha value is -2.01. The van der Waals surface area contributed by atoms with Crippen LogP contribution < -0.4 is 5.73 Å². The number of aromatic nitrogens is 1. The van der Waals surface area contributed by atoms with Crippen LogP contribution in [0.15, 0.2) is 40.4 Å². The number of nitrogen functional groups attached to an aromatic ring is 1. The molecule has 19 heavy (non-hydrogen) atoms. The van der Waals surface area contributed by atoms with Gasteiger partial charge in [-0.15, -0.1) is 0 Å². The molecule has 0 unspecified atom stereocenters. The molecule has 0 aliphatic heterocycles. The third-order valence-electron chi connectivity index (χ3n) is 2.65. The van der Waals surface area contributed by atoms with Crippen LogP contribution in [0.25, 0.3) is 0 Å². The lowest BCUT2D eigenvalue weighted by Gasteiger charge is -2.08. The van der Waals surface area contributed by atoms with Crippen LogP contribution in [0.4, 0.5) is 5.69 Å². The number of benzene rings is 1. The fourth-order valence-electron chi connectivity index (χ4n) is 1.62. The van der Waals surface area contributed by atoms with Crippen LogP contribution in [0, 0.1) is 13.8 Å². The maximum Gasteiger partial charge on any atom is 0.338 e. The Morgan fingerprint density at radius 3 is 2.74 bits per heavy atom. The Bertz CT molecular complexity index is 641. The quantitative estimate of drug-likeness (QED) is 0.899. The van der Waals surface area contributed by atoms with Crippen LogP contribution in [-0.2, 0) is 0 Å². The molecule has 3 N–H and O–H groups in total. The average molecular weight is 274 g/mol. The van der Waals surface area contributed by atoms with Crippen molar-refractivity contribution in [3.8, 4) is 0 Å². The summed E-state index contributed by atoms with van der Waals surface area (Å²) in [7, 11) is 0. The molecule has 1 aromatic carbocycles. The van der Waals surface area contributed by atoms with E-state index in [9.17, 15) is 9.90 Å². The van der Waals surface area contributed by atoms with E-state index in [-0.39, 0.29) is 5.56 Å². The van der Waals surface area contributed by atoms with Gasteiger partial charge in [0.1, 0.15) is 5.03 Å². The van der Waals surface area contributed by atoms with Crippen LogP contribution >= 0.6 is 11.8 Å². The van der Waals surface area contributed by atoms with Crippen molar-refractivity contribution < 1.29 is 9.90 Å². The molecule has 5 heteroatoms. The summed E-state index contributed by atoms with van der Waals surface area (Å²) in [6.45, 7) is 3.98. The number of carboxylic acid groups (broad SMARTS) is 1. The fraction of sp³-hybridized carbons (Fsp3) is 0.143. The molecule has 0 amide bonds. The number of anilines is 1. The first-order valence-electron chi connectivity index (χ1n) is 5.71. The summed E-state index contributed by atoms with van der Waals surface area (Å²) >= 11 is 1.34. The minimum atomic E-state index is -1.02. The number of rotatable bonds is 3. The van der Waals surface area contributed by atoms with E-state index in [1.165, 1.54) is 24.0 Å². The second-order valence-corrected chi connectivity index (χ2v) is 5.33. The molecular weight excluding hydrogens is 260 g/mol. The summed E-state index contributed by atoms with van der Waals surface area (Å²) in [5.74, 6) is -1.02. The van der Waals surface area contributed by atoms with E-state index in [0.717, 1.165) is 16.0 Å². The van der Waals surface area contributed by atoms with Gasteiger partial charge in [0, 0.05) is 4.90 Å². The van der Waals surface area contributed by atoms with Crippen molar-refractivity contribution in [1.29, 1.82) is 0 Å². The number of carbonyl (C=O) groups is 1. The Morgan fingerprint density at radius 2 is 2.05 bits per heavy atom. The maximum atomic E-state index is 11.2. The van der Waals surface area contributed by atoms with Gasteiger partial charge in [0.25, 0.3) is 0 Å². The van der Waals surface area contributed by atoms with E-state index >= 15 is 0 Å². The molecule has 98 valence electrons. The van der Waals surface area contributed by atoms with Crippen LogP contribution in [0.5, 0.6) is 0 Å². The third-order valence-corrected chi connectivity index (χ3v) is 3.83. The highest BCUT2D eigenvalue weighted by Crippen LogP contribution is 2.32. The molecule has 0 spiro atoms. The predicted molar refractivity (Wildman–Crippen MR) is 75.6 cm³/mol. The number of carboxylic acids is 1. The molecule has 1 aromatic heterocycles. The van der Waals surface area contributed by atoms with Crippen LogP contribution in [0.3, 0.4) is 0 Å². The second kappa shape index (κ2) is 5.32. The first-order valence-corrected chi connectivity index (χ1v) is 6.53. The largest absolute Gasteiger partial charge is 0.478 e. The minimum absolute atomic E-state index is 0.130. The zero-order valence-electron chi connectivity index (χ0n) is 10.7. The van der Waals surface area contributed by atoms with E-state index < -0.39 is 5.97 Å². The first-order chi connectivity index (χ1) is 8.97. The Labute approximate surface area is 115 Å². The topological polar surface area (TPSA) is 76.2 Å². The van der Waals surface area contributed by atoms with E-state index in [4.69, 9.17) is 5.73 Å². The summed E-state index contributed by atoms with van der Waals surface area (Å²) in [4.78, 5) is 16.3. The molecule has 0 saturated carbocycles. The highest BCUT2D eigenvalue weighted by Gasteiger charge is 2.14. The van der Waals surface area contributed by atoms with Gasteiger partial charge in [-0.3, -0.25) is 0 Å². The number of nitrogens with two attached hydrogens (primary N) is 1. The molecule has 0 aliphatic rings. The minimum Gasteiger partial charge on any atom is -0.478 e. The van der Waals surface area contributed by atoms with Gasteiger partial charge < -0.3 is 10.8 Å². The van der Waals surface area contributed by atoms with Gasteiger partial charge in [-0.25, -0.2) is 9.78 Å². The maximum absolute atomic E-state index is 11.2. The lowest BCUT2D eigenvalue weighted by atomic mass is 10.2. The van der Waals surface area contributed by atoms with Crippen molar-refractivity contribution in [3.05, 3.63) is 47.2 Å². The van der Waals surface area contributed by atoms with Gasteiger partial charge in [-0.05, 0) is 37.1 Å². The lowest BCUT2D eigenvalue weighted by Crippen LogP contribution is -2.02. The molecular formula is C14H14N2O2S. The summed E-state index contributed by atoms with van der Waals surface area (Å²) < 4.78 is 0. The number of hydrogen-bond donors (Lipinski definition) is 2. The van der Waals surface area contributed by atoms with Crippen LogP contribution in [0.2, 0.25) is 0 Å². The Kier molecular flexibility index (Phi) is 3.76. The molecule has 0 radical (unpaired) electrons. The summed E-state index contributed by atoms with van der Waals surface area (Å²) in [5, 5.41) is 9.64. The standard InChI is InChI=1S/C14H14N2O2S/c1-8-3-4-9(2)12(5-8)19-13-11(14(17)18)6-10(15)7-16-13/h3-7H,15H2,1-2H3,(H,17,18). The Morgan fingerprint density at radius 1 is 1.32 bits per heavy atom. The van der Waals surface area contributed by atoms with E-state index in [0.29, 0.717) is 10.7 Å². The monoisotopic (exact) mass is 274 g/mol. The summed E-state index contributed by atoms with van der Waals surface area (Å²) in [5.41, 5.74) is 8.27. The van der Waals surface area contributed by atoms with Crippen LogP contribution in [-0.4, -0.2) is 16.1 Å². The molecule has 1 heterocycles. The highest BCUT2D eigenvalue weighted by atomic mass is 32.2. The number of pyridine rings is 1. The van der Waals surface area contributed by atoms with Gasteiger partial charge in [-0.1, -0.05) is 23.9 Å². The van der Waals surface area contributed by atoms with Crippen molar-refractivity contribution in [2.45, 2.75) is 23.8 Å². The average Bonchev–Trinajstić information content (AvgIpc) is 2.35. The van der Waals surface area contributed by atoms with Gasteiger partial charge in [0.2, 0.25) is 0 Å². The van der Waals surface area contributed by atoms with E-state index in [1.807, 2.05) is 32.0 Å². The molecule has 0 saturated heterocycles. The zero-order valence-corrected chi connectivity index (χ0v) is 11.5. The molecule has 0 fully saturated rings. The molecule has 0 aliphatic carbocycles. The molecule has 4 nitrogen and oxygen atoms in total. The van der Waals surface area contributed by atoms with E-state index in [2.05, 4.69) is 4.98 Å².